The van der Waals surface area contributed by atoms with Gasteiger partial charge in [0.15, 0.2) is 0 Å². The third-order valence-electron chi connectivity index (χ3n) is 7.02. The van der Waals surface area contributed by atoms with Crippen LogP contribution in [0.4, 0.5) is 5.69 Å². The molecule has 1 fully saturated rings. The number of carbonyl (C=O) groups excluding carboxylic acids is 1. The molecule has 3 heterocycles. The second kappa shape index (κ2) is 9.19. The first kappa shape index (κ1) is 23.7. The fourth-order valence-corrected chi connectivity index (χ4v) is 4.99. The average molecular weight is 481 g/mol. The number of hydrogen-bond acceptors (Lipinski definition) is 4. The lowest BCUT2D eigenvalue weighted by Gasteiger charge is -2.35. The van der Waals surface area contributed by atoms with Crippen molar-refractivity contribution in [3.63, 3.8) is 0 Å². The number of fused-ring (bicyclic) bond motifs is 1. The van der Waals surface area contributed by atoms with Gasteiger partial charge < -0.3 is 15.2 Å². The number of amides is 1. The Morgan fingerprint density at radius 2 is 1.97 bits per heavy atom. The van der Waals surface area contributed by atoms with Gasteiger partial charge in [0.1, 0.15) is 6.07 Å². The normalized spacial score (nSPS) is 16.2. The van der Waals surface area contributed by atoms with E-state index in [1.54, 1.807) is 4.68 Å². The van der Waals surface area contributed by atoms with Crippen LogP contribution in [0.3, 0.4) is 0 Å². The minimum atomic E-state index is -0.0345. The smallest absolute Gasteiger partial charge is 0.251 e. The van der Waals surface area contributed by atoms with Crippen molar-refractivity contribution in [3.8, 4) is 17.3 Å². The van der Waals surface area contributed by atoms with Crippen molar-refractivity contribution in [2.45, 2.75) is 45.1 Å². The van der Waals surface area contributed by atoms with E-state index in [1.165, 1.54) is 5.56 Å². The van der Waals surface area contributed by atoms with E-state index in [2.05, 4.69) is 53.2 Å². The molecule has 2 aromatic heterocycles. The molecule has 0 aliphatic carbocycles. The van der Waals surface area contributed by atoms with Gasteiger partial charge in [-0.25, -0.2) is 0 Å². The molecule has 0 bridgehead atoms. The Labute approximate surface area is 211 Å². The van der Waals surface area contributed by atoms with Gasteiger partial charge >= 0.3 is 0 Å². The zero-order valence-electron chi connectivity index (χ0n) is 21.3. The Kier molecular flexibility index (Phi) is 6.05. The number of piperidine rings is 1. The lowest BCUT2D eigenvalue weighted by Crippen LogP contribution is -2.47. The highest BCUT2D eigenvalue weighted by molar-refractivity contribution is 5.99. The second-order valence-electron chi connectivity index (χ2n) is 10.7. The van der Waals surface area contributed by atoms with Gasteiger partial charge in [-0.3, -0.25) is 9.48 Å². The van der Waals surface area contributed by atoms with Crippen molar-refractivity contribution in [2.75, 3.05) is 18.0 Å². The molecule has 4 aromatic rings. The third-order valence-corrected chi connectivity index (χ3v) is 7.02. The standard InChI is InChI=1S/C29H32N6O/c1-29(2,3)22-10-7-19(8-11-22)28(36)32-23-6-5-13-35(18-23)26-12-9-20(15-30)27-24(26)14-25(33-27)21-16-31-34(4)17-21/h7-12,14,16-17,23,33H,5-6,13,18H2,1-4H3,(H,32,36). The molecule has 1 unspecified atom stereocenters. The lowest BCUT2D eigenvalue weighted by atomic mass is 9.86. The number of H-pyrrole nitrogens is 1. The van der Waals surface area contributed by atoms with Crippen molar-refractivity contribution >= 4 is 22.5 Å². The maximum Gasteiger partial charge on any atom is 0.251 e. The van der Waals surface area contributed by atoms with E-state index in [-0.39, 0.29) is 17.4 Å². The molecular formula is C29H32N6O. The van der Waals surface area contributed by atoms with Crippen LogP contribution in [0, 0.1) is 11.3 Å². The van der Waals surface area contributed by atoms with Crippen molar-refractivity contribution in [1.29, 1.82) is 5.26 Å². The molecule has 5 rings (SSSR count). The minimum Gasteiger partial charge on any atom is -0.369 e. The van der Waals surface area contributed by atoms with E-state index >= 15 is 0 Å². The third kappa shape index (κ3) is 4.59. The molecule has 1 aliphatic heterocycles. The van der Waals surface area contributed by atoms with E-state index in [4.69, 9.17) is 0 Å². The molecule has 1 atom stereocenters. The molecule has 1 aliphatic rings. The molecule has 0 spiro atoms. The first-order valence-electron chi connectivity index (χ1n) is 12.4. The summed E-state index contributed by atoms with van der Waals surface area (Å²) in [6.07, 6.45) is 5.69. The summed E-state index contributed by atoms with van der Waals surface area (Å²) in [6.45, 7) is 8.14. The predicted octanol–water partition coefficient (Wildman–Crippen LogP) is 5.14. The summed E-state index contributed by atoms with van der Waals surface area (Å²) in [5.74, 6) is -0.0345. The summed E-state index contributed by atoms with van der Waals surface area (Å²) in [6, 6.07) is 16.3. The summed E-state index contributed by atoms with van der Waals surface area (Å²) in [4.78, 5) is 18.7. The van der Waals surface area contributed by atoms with Gasteiger partial charge in [-0.1, -0.05) is 32.9 Å². The number of aryl methyl sites for hydroxylation is 1. The van der Waals surface area contributed by atoms with Crippen molar-refractivity contribution in [3.05, 3.63) is 71.5 Å². The molecule has 1 saturated heterocycles. The quantitative estimate of drug-likeness (QED) is 0.423. The maximum atomic E-state index is 13.0. The average Bonchev–Trinajstić information content (AvgIpc) is 3.50. The second-order valence-corrected chi connectivity index (χ2v) is 10.7. The topological polar surface area (TPSA) is 89.7 Å². The number of nitriles is 1. The van der Waals surface area contributed by atoms with Crippen LogP contribution in [-0.2, 0) is 12.5 Å². The fraction of sp³-hybridized carbons (Fsp3) is 0.345. The van der Waals surface area contributed by atoms with Crippen LogP contribution in [0.15, 0.2) is 54.9 Å². The Bertz CT molecular complexity index is 1450. The highest BCUT2D eigenvalue weighted by Gasteiger charge is 2.25. The predicted molar refractivity (Wildman–Crippen MR) is 143 cm³/mol. The first-order chi connectivity index (χ1) is 17.2. The molecule has 7 heteroatoms. The van der Waals surface area contributed by atoms with Gasteiger partial charge in [0.2, 0.25) is 0 Å². The van der Waals surface area contributed by atoms with Crippen LogP contribution in [-0.4, -0.2) is 39.8 Å². The zero-order valence-corrected chi connectivity index (χ0v) is 21.3. The zero-order chi connectivity index (χ0) is 25.4. The van der Waals surface area contributed by atoms with Crippen molar-refractivity contribution in [2.24, 2.45) is 7.05 Å². The molecule has 1 amide bonds. The van der Waals surface area contributed by atoms with E-state index in [0.29, 0.717) is 11.1 Å². The number of hydrogen-bond donors (Lipinski definition) is 2. The molecular weight excluding hydrogens is 448 g/mol. The number of carbonyl (C=O) groups is 1. The van der Waals surface area contributed by atoms with Crippen molar-refractivity contribution < 1.29 is 4.79 Å². The summed E-state index contributed by atoms with van der Waals surface area (Å²) in [7, 11) is 1.89. The van der Waals surface area contributed by atoms with Crippen LogP contribution in [0.5, 0.6) is 0 Å². The Morgan fingerprint density at radius 3 is 2.64 bits per heavy atom. The molecule has 184 valence electrons. The first-order valence-corrected chi connectivity index (χ1v) is 12.4. The minimum absolute atomic E-state index is 0.0345. The van der Waals surface area contributed by atoms with Crippen LogP contribution >= 0.6 is 0 Å². The number of anilines is 1. The summed E-state index contributed by atoms with van der Waals surface area (Å²) >= 11 is 0. The van der Waals surface area contributed by atoms with Gasteiger partial charge in [0.25, 0.3) is 5.91 Å². The van der Waals surface area contributed by atoms with E-state index in [9.17, 15) is 10.1 Å². The molecule has 36 heavy (non-hydrogen) atoms. The lowest BCUT2D eigenvalue weighted by molar-refractivity contribution is 0.0933. The van der Waals surface area contributed by atoms with Gasteiger partial charge in [-0.2, -0.15) is 10.4 Å². The summed E-state index contributed by atoms with van der Waals surface area (Å²) < 4.78 is 1.77. The van der Waals surface area contributed by atoms with Crippen molar-refractivity contribution in [1.82, 2.24) is 20.1 Å². The van der Waals surface area contributed by atoms with Crippen LogP contribution in [0.1, 0.15) is 55.1 Å². The van der Waals surface area contributed by atoms with Gasteiger partial charge in [0, 0.05) is 60.3 Å². The highest BCUT2D eigenvalue weighted by atomic mass is 16.1. The number of aromatic nitrogens is 3. The molecule has 0 saturated carbocycles. The SMILES string of the molecule is Cn1cc(-c2cc3c(N4CCCC(NC(=O)c5ccc(C(C)(C)C)cc5)C4)ccc(C#N)c3[nH]2)cn1. The number of nitrogens with zero attached hydrogens (tertiary/aromatic N) is 4. The number of rotatable bonds is 4. The Hall–Kier alpha value is -4.05. The van der Waals surface area contributed by atoms with Gasteiger partial charge in [-0.15, -0.1) is 0 Å². The number of nitrogens with one attached hydrogen (secondary N) is 2. The van der Waals surface area contributed by atoms with Crippen LogP contribution in [0.25, 0.3) is 22.2 Å². The number of aromatic amines is 1. The Morgan fingerprint density at radius 1 is 1.19 bits per heavy atom. The number of benzene rings is 2. The molecule has 2 aromatic carbocycles. The molecule has 2 N–H and O–H groups in total. The summed E-state index contributed by atoms with van der Waals surface area (Å²) in [5, 5.41) is 18.2. The Balaban J connectivity index is 1.37. The van der Waals surface area contributed by atoms with E-state index in [1.807, 2.05) is 55.8 Å². The largest absolute Gasteiger partial charge is 0.369 e. The van der Waals surface area contributed by atoms with Crippen LogP contribution in [0.2, 0.25) is 0 Å². The maximum absolute atomic E-state index is 13.0. The van der Waals surface area contributed by atoms with Crippen LogP contribution < -0.4 is 10.2 Å². The monoisotopic (exact) mass is 480 g/mol. The molecule has 0 radical (unpaired) electrons. The fourth-order valence-electron chi connectivity index (χ4n) is 4.99. The van der Waals surface area contributed by atoms with Gasteiger partial charge in [-0.05, 0) is 54.2 Å². The van der Waals surface area contributed by atoms with E-state index in [0.717, 1.165) is 53.8 Å². The highest BCUT2D eigenvalue weighted by Crippen LogP contribution is 2.34. The summed E-state index contributed by atoms with van der Waals surface area (Å²) in [5.41, 5.74) is 6.39. The molecule has 7 nitrogen and oxygen atoms in total. The van der Waals surface area contributed by atoms with Gasteiger partial charge in [0.05, 0.1) is 17.3 Å². The van der Waals surface area contributed by atoms with E-state index < -0.39 is 0 Å².